The van der Waals surface area contributed by atoms with Gasteiger partial charge in [0, 0.05) is 18.7 Å². The number of anilines is 2. The molecule has 1 heterocycles. The molecule has 0 bridgehead atoms. The quantitative estimate of drug-likeness (QED) is 0.716. The second-order valence-corrected chi connectivity index (χ2v) is 7.00. The van der Waals surface area contributed by atoms with E-state index in [-0.39, 0.29) is 29.6 Å². The number of esters is 1. The molecule has 1 aliphatic rings. The summed E-state index contributed by atoms with van der Waals surface area (Å²) < 4.78 is 43.3. The molecule has 0 unspecified atom stereocenters. The van der Waals surface area contributed by atoms with Gasteiger partial charge in [-0.1, -0.05) is 29.8 Å². The molecule has 158 valence electrons. The van der Waals surface area contributed by atoms with Gasteiger partial charge in [0.05, 0.1) is 22.2 Å². The molecular weight excluding hydrogens is 425 g/mol. The number of para-hydroxylation sites is 1. The standard InChI is InChI=1S/C20H16ClF3N2O4/c21-15-7-6-13(20(22,23)24)9-16(15)25-17(27)11-30-19(29)12-8-18(28)26(10-12)14-4-2-1-3-5-14/h1-7,9,12H,8,10-11H2,(H,25,27)/t12-/m1/s1. The van der Waals surface area contributed by atoms with E-state index in [0.29, 0.717) is 11.8 Å². The number of rotatable bonds is 5. The first-order chi connectivity index (χ1) is 14.1. The van der Waals surface area contributed by atoms with Gasteiger partial charge in [-0.2, -0.15) is 13.2 Å². The van der Waals surface area contributed by atoms with Crippen LogP contribution in [0, 0.1) is 5.92 Å². The van der Waals surface area contributed by atoms with E-state index in [1.807, 2.05) is 0 Å². The Morgan fingerprint density at radius 1 is 1.17 bits per heavy atom. The topological polar surface area (TPSA) is 75.7 Å². The molecule has 2 aromatic carbocycles. The number of benzene rings is 2. The highest BCUT2D eigenvalue weighted by Gasteiger charge is 2.36. The Bertz CT molecular complexity index is 966. The van der Waals surface area contributed by atoms with Gasteiger partial charge in [0.25, 0.3) is 5.91 Å². The van der Waals surface area contributed by atoms with Crippen molar-refractivity contribution < 1.29 is 32.3 Å². The van der Waals surface area contributed by atoms with Crippen LogP contribution in [-0.4, -0.2) is 30.9 Å². The predicted octanol–water partition coefficient (Wildman–Crippen LogP) is 3.89. The van der Waals surface area contributed by atoms with Gasteiger partial charge in [-0.25, -0.2) is 0 Å². The Kier molecular flexibility index (Phi) is 6.31. The van der Waals surface area contributed by atoms with Crippen LogP contribution in [0.4, 0.5) is 24.5 Å². The highest BCUT2D eigenvalue weighted by molar-refractivity contribution is 6.33. The van der Waals surface area contributed by atoms with Crippen molar-refractivity contribution in [1.82, 2.24) is 0 Å². The average Bonchev–Trinajstić information content (AvgIpc) is 3.09. The third kappa shape index (κ3) is 5.10. The first kappa shape index (κ1) is 21.6. The number of alkyl halides is 3. The Hall–Kier alpha value is -3.07. The van der Waals surface area contributed by atoms with Gasteiger partial charge in [-0.3, -0.25) is 14.4 Å². The zero-order valence-corrected chi connectivity index (χ0v) is 16.2. The lowest BCUT2D eigenvalue weighted by atomic mass is 10.1. The summed E-state index contributed by atoms with van der Waals surface area (Å²) in [5.74, 6) is -2.59. The molecular formula is C20H16ClF3N2O4. The van der Waals surface area contributed by atoms with E-state index in [1.165, 1.54) is 4.90 Å². The van der Waals surface area contributed by atoms with Crippen molar-refractivity contribution in [2.75, 3.05) is 23.4 Å². The lowest BCUT2D eigenvalue weighted by Crippen LogP contribution is -2.28. The second-order valence-electron chi connectivity index (χ2n) is 6.59. The maximum Gasteiger partial charge on any atom is 0.416 e. The third-order valence-corrected chi connectivity index (χ3v) is 4.77. The van der Waals surface area contributed by atoms with Crippen molar-refractivity contribution in [3.05, 3.63) is 59.1 Å². The van der Waals surface area contributed by atoms with Crippen LogP contribution < -0.4 is 10.2 Å². The monoisotopic (exact) mass is 440 g/mol. The van der Waals surface area contributed by atoms with Crippen LogP contribution in [0.3, 0.4) is 0 Å². The number of ether oxygens (including phenoxy) is 1. The Balaban J connectivity index is 1.55. The van der Waals surface area contributed by atoms with E-state index in [2.05, 4.69) is 5.32 Å². The first-order valence-electron chi connectivity index (χ1n) is 8.84. The summed E-state index contributed by atoms with van der Waals surface area (Å²) >= 11 is 5.81. The lowest BCUT2D eigenvalue weighted by molar-refractivity contribution is -0.151. The maximum atomic E-state index is 12.8. The molecule has 1 saturated heterocycles. The predicted molar refractivity (Wildman–Crippen MR) is 103 cm³/mol. The second kappa shape index (κ2) is 8.74. The minimum atomic E-state index is -4.60. The van der Waals surface area contributed by atoms with E-state index >= 15 is 0 Å². The van der Waals surface area contributed by atoms with Gasteiger partial charge in [-0.05, 0) is 30.3 Å². The van der Waals surface area contributed by atoms with Gasteiger partial charge in [-0.15, -0.1) is 0 Å². The summed E-state index contributed by atoms with van der Waals surface area (Å²) in [7, 11) is 0. The SMILES string of the molecule is O=C(COC(=O)[C@@H]1CC(=O)N(c2ccccc2)C1)Nc1cc(C(F)(F)F)ccc1Cl. The smallest absolute Gasteiger partial charge is 0.416 e. The molecule has 2 aromatic rings. The van der Waals surface area contributed by atoms with Crippen molar-refractivity contribution in [3.8, 4) is 0 Å². The van der Waals surface area contributed by atoms with Crippen LogP contribution >= 0.6 is 11.6 Å². The van der Waals surface area contributed by atoms with Crippen LogP contribution in [0.5, 0.6) is 0 Å². The summed E-state index contributed by atoms with van der Waals surface area (Å²) in [5.41, 5.74) is -0.585. The molecule has 2 amide bonds. The maximum absolute atomic E-state index is 12.8. The van der Waals surface area contributed by atoms with Crippen LogP contribution in [0.15, 0.2) is 48.5 Å². The molecule has 0 aromatic heterocycles. The molecule has 3 rings (SSSR count). The largest absolute Gasteiger partial charge is 0.455 e. The minimum Gasteiger partial charge on any atom is -0.455 e. The van der Waals surface area contributed by atoms with Crippen LogP contribution in [0.25, 0.3) is 0 Å². The summed E-state index contributed by atoms with van der Waals surface area (Å²) in [6.45, 7) is -0.607. The van der Waals surface area contributed by atoms with Crippen LogP contribution in [0.1, 0.15) is 12.0 Å². The van der Waals surface area contributed by atoms with Gasteiger partial charge >= 0.3 is 12.1 Å². The fourth-order valence-corrected chi connectivity index (χ4v) is 3.13. The molecule has 1 N–H and O–H groups in total. The van der Waals surface area contributed by atoms with Crippen LogP contribution in [0.2, 0.25) is 5.02 Å². The number of carbonyl (C=O) groups excluding carboxylic acids is 3. The summed E-state index contributed by atoms with van der Waals surface area (Å²) in [6, 6.07) is 11.3. The number of hydrogen-bond donors (Lipinski definition) is 1. The van der Waals surface area contributed by atoms with Crippen molar-refractivity contribution in [1.29, 1.82) is 0 Å². The van der Waals surface area contributed by atoms with Crippen molar-refractivity contribution in [2.45, 2.75) is 12.6 Å². The molecule has 0 radical (unpaired) electrons. The average molecular weight is 441 g/mol. The van der Waals surface area contributed by atoms with Crippen LogP contribution in [-0.2, 0) is 25.3 Å². The lowest BCUT2D eigenvalue weighted by Gasteiger charge is -2.16. The Morgan fingerprint density at radius 2 is 1.87 bits per heavy atom. The molecule has 1 fully saturated rings. The minimum absolute atomic E-state index is 0.0607. The number of nitrogens with zero attached hydrogens (tertiary/aromatic N) is 1. The number of nitrogens with one attached hydrogen (secondary N) is 1. The van der Waals surface area contributed by atoms with E-state index in [0.717, 1.165) is 12.1 Å². The van der Waals surface area contributed by atoms with Gasteiger partial charge in [0.15, 0.2) is 6.61 Å². The summed E-state index contributed by atoms with van der Waals surface area (Å²) in [5, 5.41) is 2.09. The zero-order valence-electron chi connectivity index (χ0n) is 15.4. The van der Waals surface area contributed by atoms with Gasteiger partial charge in [0.1, 0.15) is 0 Å². The number of halogens is 4. The molecule has 30 heavy (non-hydrogen) atoms. The number of hydrogen-bond acceptors (Lipinski definition) is 4. The molecule has 1 atom stereocenters. The molecule has 0 spiro atoms. The Labute approximate surface area is 174 Å². The number of amides is 2. The van der Waals surface area contributed by atoms with Crippen molar-refractivity contribution in [3.63, 3.8) is 0 Å². The summed E-state index contributed by atoms with van der Waals surface area (Å²) in [4.78, 5) is 37.8. The number of carbonyl (C=O) groups is 3. The first-order valence-corrected chi connectivity index (χ1v) is 9.21. The van der Waals surface area contributed by atoms with E-state index in [9.17, 15) is 27.6 Å². The summed E-state index contributed by atoms with van der Waals surface area (Å²) in [6.07, 6.45) is -4.66. The fourth-order valence-electron chi connectivity index (χ4n) is 2.96. The van der Waals surface area contributed by atoms with Crippen molar-refractivity contribution >= 4 is 40.8 Å². The zero-order chi connectivity index (χ0) is 21.9. The van der Waals surface area contributed by atoms with E-state index < -0.39 is 36.1 Å². The van der Waals surface area contributed by atoms with E-state index in [4.69, 9.17) is 16.3 Å². The highest BCUT2D eigenvalue weighted by Crippen LogP contribution is 2.33. The Morgan fingerprint density at radius 3 is 2.53 bits per heavy atom. The molecule has 0 saturated carbocycles. The molecule has 0 aliphatic carbocycles. The molecule has 10 heteroatoms. The third-order valence-electron chi connectivity index (χ3n) is 4.44. The van der Waals surface area contributed by atoms with Crippen molar-refractivity contribution in [2.24, 2.45) is 5.92 Å². The van der Waals surface area contributed by atoms with Gasteiger partial charge < -0.3 is 15.0 Å². The molecule has 1 aliphatic heterocycles. The van der Waals surface area contributed by atoms with E-state index in [1.54, 1.807) is 30.3 Å². The fraction of sp³-hybridized carbons (Fsp3) is 0.250. The normalized spacial score (nSPS) is 16.5. The molecule has 6 nitrogen and oxygen atoms in total. The van der Waals surface area contributed by atoms with Gasteiger partial charge in [0.2, 0.25) is 5.91 Å². The highest BCUT2D eigenvalue weighted by atomic mass is 35.5.